The van der Waals surface area contributed by atoms with Crippen LogP contribution in [0, 0.1) is 0 Å². The van der Waals surface area contributed by atoms with E-state index in [0.717, 1.165) is 10.0 Å². The van der Waals surface area contributed by atoms with Gasteiger partial charge < -0.3 is 4.74 Å². The summed E-state index contributed by atoms with van der Waals surface area (Å²) in [6.07, 6.45) is 3.13. The zero-order valence-corrected chi connectivity index (χ0v) is 11.1. The minimum atomic E-state index is -0.388. The lowest BCUT2D eigenvalue weighted by molar-refractivity contribution is -0.128. The van der Waals surface area contributed by atoms with Crippen LogP contribution >= 0.6 is 15.9 Å². The van der Waals surface area contributed by atoms with Gasteiger partial charge in [-0.15, -0.1) is 0 Å². The maximum Gasteiger partial charge on any atom is 0.336 e. The van der Waals surface area contributed by atoms with Crippen LogP contribution in [-0.2, 0) is 4.79 Å². The van der Waals surface area contributed by atoms with Crippen LogP contribution in [0.5, 0.6) is 5.75 Å². The maximum absolute atomic E-state index is 11.5. The first-order valence-electron chi connectivity index (χ1n) is 5.44. The summed E-state index contributed by atoms with van der Waals surface area (Å²) in [5.41, 5.74) is 0.939. The Morgan fingerprint density at radius 3 is 2.56 bits per heavy atom. The Morgan fingerprint density at radius 1 is 1.06 bits per heavy atom. The number of carbonyl (C=O) groups is 1. The second-order valence-electron chi connectivity index (χ2n) is 3.62. The lowest BCUT2D eigenvalue weighted by Gasteiger charge is -1.99. The van der Waals surface area contributed by atoms with Gasteiger partial charge in [-0.2, -0.15) is 0 Å². The molecule has 2 aromatic rings. The molecule has 0 unspecified atom stereocenters. The van der Waals surface area contributed by atoms with Crippen LogP contribution in [0.2, 0.25) is 0 Å². The van der Waals surface area contributed by atoms with Crippen LogP contribution in [-0.4, -0.2) is 5.97 Å². The highest BCUT2D eigenvalue weighted by molar-refractivity contribution is 9.10. The molecule has 0 radical (unpaired) electrons. The largest absolute Gasteiger partial charge is 0.423 e. The van der Waals surface area contributed by atoms with Crippen molar-refractivity contribution in [2.24, 2.45) is 0 Å². The maximum atomic E-state index is 11.5. The van der Waals surface area contributed by atoms with Crippen molar-refractivity contribution in [1.82, 2.24) is 0 Å². The average Bonchev–Trinajstić information content (AvgIpc) is 2.38. The van der Waals surface area contributed by atoms with E-state index < -0.39 is 0 Å². The molecule has 2 rings (SSSR count). The SMILES string of the molecule is O=C(C=Cc1cccc(Br)c1)Oc1ccccc1. The van der Waals surface area contributed by atoms with Crippen LogP contribution in [0.3, 0.4) is 0 Å². The number of carbonyl (C=O) groups excluding carboxylic acids is 1. The number of hydrogen-bond acceptors (Lipinski definition) is 2. The predicted octanol–water partition coefficient (Wildman–Crippen LogP) is 4.07. The van der Waals surface area contributed by atoms with Crippen molar-refractivity contribution < 1.29 is 9.53 Å². The minimum absolute atomic E-state index is 0.388. The summed E-state index contributed by atoms with van der Waals surface area (Å²) in [6, 6.07) is 16.7. The molecule has 2 nitrogen and oxygen atoms in total. The molecule has 0 fully saturated rings. The zero-order valence-electron chi connectivity index (χ0n) is 9.55. The van der Waals surface area contributed by atoms with Crippen molar-refractivity contribution in [2.45, 2.75) is 0 Å². The third-order valence-corrected chi connectivity index (χ3v) is 2.72. The van der Waals surface area contributed by atoms with Crippen LogP contribution < -0.4 is 4.74 Å². The summed E-state index contributed by atoms with van der Waals surface area (Å²) in [6.45, 7) is 0. The van der Waals surface area contributed by atoms with Crippen LogP contribution in [0.15, 0.2) is 65.1 Å². The Balaban J connectivity index is 1.99. The van der Waals surface area contributed by atoms with Gasteiger partial charge in [0.05, 0.1) is 0 Å². The average molecular weight is 303 g/mol. The summed E-state index contributed by atoms with van der Waals surface area (Å²) in [4.78, 5) is 11.5. The van der Waals surface area contributed by atoms with E-state index in [1.165, 1.54) is 6.08 Å². The van der Waals surface area contributed by atoms with Crippen molar-refractivity contribution in [3.05, 3.63) is 70.7 Å². The minimum Gasteiger partial charge on any atom is -0.423 e. The summed E-state index contributed by atoms with van der Waals surface area (Å²) in [7, 11) is 0. The van der Waals surface area contributed by atoms with E-state index in [0.29, 0.717) is 5.75 Å². The second-order valence-corrected chi connectivity index (χ2v) is 4.54. The van der Waals surface area contributed by atoms with Crippen molar-refractivity contribution in [3.63, 3.8) is 0 Å². The van der Waals surface area contributed by atoms with Crippen molar-refractivity contribution in [2.75, 3.05) is 0 Å². The molecule has 0 aliphatic heterocycles. The highest BCUT2D eigenvalue weighted by atomic mass is 79.9. The molecule has 90 valence electrons. The van der Waals surface area contributed by atoms with E-state index in [1.807, 2.05) is 42.5 Å². The Bertz CT molecular complexity index is 562. The Morgan fingerprint density at radius 2 is 1.83 bits per heavy atom. The molecule has 0 aliphatic rings. The van der Waals surface area contributed by atoms with E-state index in [9.17, 15) is 4.79 Å². The molecule has 0 saturated heterocycles. The smallest absolute Gasteiger partial charge is 0.336 e. The number of esters is 1. The Kier molecular flexibility index (Phi) is 4.31. The molecule has 0 atom stereocenters. The highest BCUT2D eigenvalue weighted by Crippen LogP contribution is 2.13. The fourth-order valence-corrected chi connectivity index (χ4v) is 1.83. The fraction of sp³-hybridized carbons (Fsp3) is 0. The third kappa shape index (κ3) is 3.86. The molecule has 0 N–H and O–H groups in total. The second kappa shape index (κ2) is 6.17. The quantitative estimate of drug-likeness (QED) is 0.485. The highest BCUT2D eigenvalue weighted by Gasteiger charge is 1.99. The molecule has 18 heavy (non-hydrogen) atoms. The normalized spacial score (nSPS) is 10.5. The first-order chi connectivity index (χ1) is 8.74. The number of hydrogen-bond donors (Lipinski definition) is 0. The molecule has 0 saturated carbocycles. The molecule has 0 bridgehead atoms. The van der Waals surface area contributed by atoms with E-state index in [2.05, 4.69) is 15.9 Å². The standard InChI is InChI=1S/C15H11BrO2/c16-13-6-4-5-12(11-13)9-10-15(17)18-14-7-2-1-3-8-14/h1-11H. The van der Waals surface area contributed by atoms with Gasteiger partial charge in [-0.3, -0.25) is 0 Å². The molecular weight excluding hydrogens is 292 g/mol. The van der Waals surface area contributed by atoms with Gasteiger partial charge in [-0.05, 0) is 35.9 Å². The van der Waals surface area contributed by atoms with E-state index >= 15 is 0 Å². The summed E-state index contributed by atoms with van der Waals surface area (Å²) >= 11 is 3.37. The summed E-state index contributed by atoms with van der Waals surface area (Å²) < 4.78 is 6.10. The first-order valence-corrected chi connectivity index (χ1v) is 6.24. The van der Waals surface area contributed by atoms with Gasteiger partial charge in [0.2, 0.25) is 0 Å². The van der Waals surface area contributed by atoms with Gasteiger partial charge in [0.15, 0.2) is 0 Å². The topological polar surface area (TPSA) is 26.3 Å². The molecule has 0 amide bonds. The summed E-state index contributed by atoms with van der Waals surface area (Å²) in [5, 5.41) is 0. The number of rotatable bonds is 3. The van der Waals surface area contributed by atoms with Gasteiger partial charge in [0.25, 0.3) is 0 Å². The van der Waals surface area contributed by atoms with Gasteiger partial charge in [-0.25, -0.2) is 4.79 Å². The molecular formula is C15H11BrO2. The molecule has 2 aromatic carbocycles. The van der Waals surface area contributed by atoms with Gasteiger partial charge in [0.1, 0.15) is 5.75 Å². The Labute approximate surface area is 114 Å². The molecule has 0 heterocycles. The lowest BCUT2D eigenvalue weighted by atomic mass is 10.2. The molecule has 0 aromatic heterocycles. The number of ether oxygens (including phenoxy) is 1. The molecule has 0 spiro atoms. The summed E-state index contributed by atoms with van der Waals surface area (Å²) in [5.74, 6) is 0.155. The number of para-hydroxylation sites is 1. The van der Waals surface area contributed by atoms with Crippen molar-refractivity contribution in [1.29, 1.82) is 0 Å². The number of halogens is 1. The van der Waals surface area contributed by atoms with Gasteiger partial charge in [-0.1, -0.05) is 46.3 Å². The zero-order chi connectivity index (χ0) is 12.8. The third-order valence-electron chi connectivity index (χ3n) is 2.22. The number of benzene rings is 2. The Hall–Kier alpha value is -1.87. The van der Waals surface area contributed by atoms with Gasteiger partial charge in [0, 0.05) is 10.5 Å². The van der Waals surface area contributed by atoms with E-state index in [-0.39, 0.29) is 5.97 Å². The van der Waals surface area contributed by atoms with Crippen molar-refractivity contribution >= 4 is 28.0 Å². The molecule has 0 aliphatic carbocycles. The fourth-order valence-electron chi connectivity index (χ4n) is 1.41. The first kappa shape index (κ1) is 12.6. The van der Waals surface area contributed by atoms with Gasteiger partial charge >= 0.3 is 5.97 Å². The van der Waals surface area contributed by atoms with Crippen molar-refractivity contribution in [3.8, 4) is 5.75 Å². The van der Waals surface area contributed by atoms with Crippen LogP contribution in [0.4, 0.5) is 0 Å². The van der Waals surface area contributed by atoms with E-state index in [1.54, 1.807) is 18.2 Å². The van der Waals surface area contributed by atoms with Crippen LogP contribution in [0.25, 0.3) is 6.08 Å². The predicted molar refractivity (Wildman–Crippen MR) is 75.3 cm³/mol. The van der Waals surface area contributed by atoms with Crippen LogP contribution in [0.1, 0.15) is 5.56 Å². The van der Waals surface area contributed by atoms with E-state index in [4.69, 9.17) is 4.74 Å². The molecule has 3 heteroatoms. The lowest BCUT2D eigenvalue weighted by Crippen LogP contribution is -2.03. The monoisotopic (exact) mass is 302 g/mol.